The molecule has 3 aliphatic heterocycles. The normalized spacial score (nSPS) is 24.5. The Hall–Kier alpha value is -1.42. The number of aliphatic hydroxyl groups is 1. The number of nitrogens with zero attached hydrogens (tertiary/aromatic N) is 1. The molecule has 1 amide bonds. The van der Waals surface area contributed by atoms with Crippen LogP contribution in [-0.2, 0) is 19.1 Å². The molecule has 7 nitrogen and oxygen atoms in total. The quantitative estimate of drug-likeness (QED) is 0.453. The first-order chi connectivity index (χ1) is 11.4. The van der Waals surface area contributed by atoms with E-state index >= 15 is 0 Å². The van der Waals surface area contributed by atoms with Crippen LogP contribution < -0.4 is 0 Å². The van der Waals surface area contributed by atoms with E-state index in [4.69, 9.17) is 14.6 Å². The van der Waals surface area contributed by atoms with Crippen molar-refractivity contribution in [3.8, 4) is 0 Å². The summed E-state index contributed by atoms with van der Waals surface area (Å²) in [6.07, 6.45) is -0.551. The van der Waals surface area contributed by atoms with Crippen LogP contribution in [-0.4, -0.2) is 51.0 Å². The highest BCUT2D eigenvalue weighted by Gasteiger charge is 2.46. The van der Waals surface area contributed by atoms with Gasteiger partial charge in [0.15, 0.2) is 5.12 Å². The lowest BCUT2D eigenvalue weighted by molar-refractivity contribution is -0.145. The Labute approximate surface area is 151 Å². The van der Waals surface area contributed by atoms with Crippen molar-refractivity contribution in [3.05, 3.63) is 35.4 Å². The fourth-order valence-electron chi connectivity index (χ4n) is 2.12. The average Bonchev–Trinajstić information content (AvgIpc) is 2.83. The number of esters is 1. The van der Waals surface area contributed by atoms with Crippen molar-refractivity contribution >= 4 is 44.7 Å². The number of β-lactam (4-membered cyclic amide) rings is 1. The Bertz CT molecular complexity index is 637. The van der Waals surface area contributed by atoms with Crippen LogP contribution in [0.4, 0.5) is 0 Å². The van der Waals surface area contributed by atoms with Gasteiger partial charge in [-0.3, -0.25) is 9.59 Å². The van der Waals surface area contributed by atoms with E-state index in [1.165, 1.54) is 18.9 Å². The van der Waals surface area contributed by atoms with E-state index < -0.39 is 6.29 Å². The number of methoxy groups -OCH3 is 1. The smallest absolute Gasteiger partial charge is 0.340 e. The number of likely N-dealkylation sites (tertiary alicyclic amines) is 1. The van der Waals surface area contributed by atoms with E-state index in [1.807, 2.05) is 12.1 Å². The van der Waals surface area contributed by atoms with Crippen LogP contribution >= 0.6 is 27.7 Å². The molecule has 24 heavy (non-hydrogen) atoms. The van der Waals surface area contributed by atoms with Gasteiger partial charge in [-0.1, -0.05) is 39.8 Å². The summed E-state index contributed by atoms with van der Waals surface area (Å²) >= 11 is 4.17. The van der Waals surface area contributed by atoms with Crippen molar-refractivity contribution in [2.75, 3.05) is 13.8 Å². The minimum absolute atomic E-state index is 0.0598. The molecule has 0 spiro atoms. The molecule has 1 fully saturated rings. The van der Waals surface area contributed by atoms with Gasteiger partial charge in [-0.2, -0.15) is 0 Å². The van der Waals surface area contributed by atoms with Gasteiger partial charge in [0.25, 0.3) is 0 Å². The zero-order chi connectivity index (χ0) is 17.9. The molecule has 3 unspecified atom stereocenters. The summed E-state index contributed by atoms with van der Waals surface area (Å²) < 4.78 is 9.96. The number of hydrogen-bond donors (Lipinski definition) is 1. The number of carbonyl (C=O) groups excluding carboxylic acids is 3. The summed E-state index contributed by atoms with van der Waals surface area (Å²) in [5, 5.41) is 8.41. The third kappa shape index (κ3) is 3.97. The Morgan fingerprint density at radius 1 is 1.38 bits per heavy atom. The second kappa shape index (κ2) is 8.11. The lowest BCUT2D eigenvalue weighted by atomic mass is 10.2. The zero-order valence-electron chi connectivity index (χ0n) is 13.0. The highest BCUT2D eigenvalue weighted by Crippen LogP contribution is 2.34. The Morgan fingerprint density at radius 2 is 2.00 bits per heavy atom. The highest BCUT2D eigenvalue weighted by atomic mass is 79.9. The van der Waals surface area contributed by atoms with Gasteiger partial charge in [-0.15, -0.1) is 0 Å². The van der Waals surface area contributed by atoms with E-state index in [0.717, 1.165) is 17.3 Å². The number of rotatable bonds is 3. The minimum Gasteiger partial charge on any atom is -0.428 e. The molecule has 4 rings (SSSR count). The Morgan fingerprint density at radius 3 is 2.50 bits per heavy atom. The van der Waals surface area contributed by atoms with Gasteiger partial charge < -0.3 is 19.5 Å². The van der Waals surface area contributed by atoms with Gasteiger partial charge in [0.2, 0.25) is 12.2 Å². The van der Waals surface area contributed by atoms with Crippen LogP contribution in [0.3, 0.4) is 0 Å². The predicted octanol–water partition coefficient (Wildman–Crippen LogP) is 1.65. The van der Waals surface area contributed by atoms with Crippen molar-refractivity contribution in [1.29, 1.82) is 0 Å². The van der Waals surface area contributed by atoms with Crippen molar-refractivity contribution in [3.63, 3.8) is 0 Å². The first-order valence-electron chi connectivity index (χ1n) is 6.95. The number of amides is 1. The third-order valence-corrected chi connectivity index (χ3v) is 5.70. The summed E-state index contributed by atoms with van der Waals surface area (Å²) in [5.74, 6) is -0.502. The first-order valence-corrected chi connectivity index (χ1v) is 8.75. The monoisotopic (exact) mass is 417 g/mol. The number of thioether (sulfide) groups is 1. The van der Waals surface area contributed by atoms with Gasteiger partial charge in [0, 0.05) is 19.6 Å². The number of carbonyl (C=O) groups is 3. The van der Waals surface area contributed by atoms with Gasteiger partial charge in [-0.05, 0) is 12.1 Å². The molecule has 2 bridgehead atoms. The topological polar surface area (TPSA) is 93.1 Å². The Balaban J connectivity index is 0.000000174. The molecule has 9 heteroatoms. The minimum atomic E-state index is -0.551. The predicted molar refractivity (Wildman–Crippen MR) is 90.3 cm³/mol. The van der Waals surface area contributed by atoms with Crippen LogP contribution in [0.1, 0.15) is 29.1 Å². The fourth-order valence-corrected chi connectivity index (χ4v) is 3.86. The lowest BCUT2D eigenvalue weighted by Gasteiger charge is -2.41. The average molecular weight is 418 g/mol. The Kier molecular flexibility index (Phi) is 6.39. The van der Waals surface area contributed by atoms with Gasteiger partial charge in [-0.25, -0.2) is 4.79 Å². The molecule has 0 aliphatic carbocycles. The second-order valence-electron chi connectivity index (χ2n) is 4.95. The molecular weight excluding hydrogens is 402 g/mol. The summed E-state index contributed by atoms with van der Waals surface area (Å²) in [5.41, 5.74) is 1.44. The summed E-state index contributed by atoms with van der Waals surface area (Å²) in [6, 6.07) is 7.12. The van der Waals surface area contributed by atoms with Crippen LogP contribution in [0, 0.1) is 0 Å². The van der Waals surface area contributed by atoms with Crippen LogP contribution in [0.15, 0.2) is 24.3 Å². The number of alkyl halides is 1. The van der Waals surface area contributed by atoms with E-state index in [1.54, 1.807) is 12.1 Å². The van der Waals surface area contributed by atoms with Gasteiger partial charge >= 0.3 is 5.97 Å². The van der Waals surface area contributed by atoms with Crippen LogP contribution in [0.25, 0.3) is 0 Å². The van der Waals surface area contributed by atoms with Gasteiger partial charge in [0.05, 0.1) is 5.56 Å². The largest absolute Gasteiger partial charge is 0.428 e. The fraction of sp³-hybridized carbons (Fsp3) is 0.400. The molecule has 130 valence electrons. The molecule has 3 heterocycles. The maximum absolute atomic E-state index is 11.2. The number of benzene rings is 1. The first kappa shape index (κ1) is 18.9. The number of fused-ring (bicyclic) bond motifs is 4. The maximum Gasteiger partial charge on any atom is 0.340 e. The molecule has 3 aliphatic rings. The van der Waals surface area contributed by atoms with E-state index in [0.29, 0.717) is 5.56 Å². The number of ether oxygens (including phenoxy) is 2. The number of hydrogen-bond acceptors (Lipinski definition) is 7. The van der Waals surface area contributed by atoms with Crippen molar-refractivity contribution in [2.45, 2.75) is 23.4 Å². The molecule has 0 saturated carbocycles. The molecule has 1 saturated heterocycles. The number of aliphatic hydroxyl groups excluding tert-OH is 1. The van der Waals surface area contributed by atoms with Crippen molar-refractivity contribution in [1.82, 2.24) is 4.90 Å². The van der Waals surface area contributed by atoms with Crippen molar-refractivity contribution < 1.29 is 29.0 Å². The molecule has 1 aromatic rings. The lowest BCUT2D eigenvalue weighted by Crippen LogP contribution is -2.60. The molecule has 0 aromatic heterocycles. The zero-order valence-corrected chi connectivity index (χ0v) is 15.4. The van der Waals surface area contributed by atoms with E-state index in [9.17, 15) is 14.4 Å². The maximum atomic E-state index is 11.2. The molecule has 0 radical (unpaired) electrons. The number of halogens is 1. The van der Waals surface area contributed by atoms with Gasteiger partial charge in [0.1, 0.15) is 16.9 Å². The second-order valence-corrected chi connectivity index (χ2v) is 7.23. The molecule has 3 atom stereocenters. The highest BCUT2D eigenvalue weighted by molar-refractivity contribution is 9.10. The summed E-state index contributed by atoms with van der Waals surface area (Å²) in [4.78, 5) is 33.8. The molecule has 1 N–H and O–H groups in total. The molecule has 1 aromatic carbocycles. The van der Waals surface area contributed by atoms with E-state index in [2.05, 4.69) is 15.9 Å². The van der Waals surface area contributed by atoms with Crippen LogP contribution in [0.5, 0.6) is 0 Å². The third-order valence-electron chi connectivity index (χ3n) is 3.36. The van der Waals surface area contributed by atoms with Crippen LogP contribution in [0.2, 0.25) is 0 Å². The van der Waals surface area contributed by atoms with Crippen molar-refractivity contribution in [2.24, 2.45) is 0 Å². The summed E-state index contributed by atoms with van der Waals surface area (Å²) in [7, 11) is 1.51. The van der Waals surface area contributed by atoms with E-state index in [-0.39, 0.29) is 33.9 Å². The standard InChI is InChI=1S/C9H8O3.C6H8BrNO3S/c1-11-9-7-4-2-6(3-5-7)8(10)12-9;1-3(10)12-6-4(7)5(11)8(6)2-9/h2-5,9H,1H3;4,6,9H,2H2,1H3. The SMILES string of the molecule is CC(=O)SC1C(Br)C(=O)N1CO.COC1OC(=O)c2ccc1cc2. The summed E-state index contributed by atoms with van der Waals surface area (Å²) in [6.45, 7) is 1.11. The molecular formula is C15H16BrNO6S.